The number of thioether (sulfide) groups is 1. The fourth-order valence-corrected chi connectivity index (χ4v) is 2.43. The molecule has 4 heteroatoms. The van der Waals surface area contributed by atoms with E-state index in [1.54, 1.807) is 30.1 Å². The lowest BCUT2D eigenvalue weighted by atomic mass is 10.2. The second kappa shape index (κ2) is 6.21. The minimum absolute atomic E-state index is 0.326. The average molecular weight is 259 g/mol. The van der Waals surface area contributed by atoms with Gasteiger partial charge in [0.15, 0.2) is 0 Å². The predicted octanol–water partition coefficient (Wildman–Crippen LogP) is 3.11. The smallest absolute Gasteiger partial charge is 0.335 e. The molecule has 0 fully saturated rings. The molecule has 0 bridgehead atoms. The zero-order chi connectivity index (χ0) is 12.8. The van der Waals surface area contributed by atoms with Crippen LogP contribution in [0.5, 0.6) is 0 Å². The van der Waals surface area contributed by atoms with Crippen LogP contribution in [0.15, 0.2) is 53.7 Å². The number of carbonyl (C=O) groups is 1. The molecule has 0 saturated heterocycles. The van der Waals surface area contributed by atoms with Crippen LogP contribution in [-0.4, -0.2) is 21.8 Å². The zero-order valence-corrected chi connectivity index (χ0v) is 10.6. The molecular formula is C14H13NO2S. The first kappa shape index (κ1) is 12.6. The van der Waals surface area contributed by atoms with Crippen LogP contribution < -0.4 is 0 Å². The third-order valence-electron chi connectivity index (χ3n) is 2.48. The molecule has 0 atom stereocenters. The monoisotopic (exact) mass is 259 g/mol. The van der Waals surface area contributed by atoms with Gasteiger partial charge in [-0.2, -0.15) is 0 Å². The van der Waals surface area contributed by atoms with E-state index >= 15 is 0 Å². The van der Waals surface area contributed by atoms with Crippen LogP contribution in [0.1, 0.15) is 15.9 Å². The summed E-state index contributed by atoms with van der Waals surface area (Å²) in [6.07, 6.45) is 4.59. The van der Waals surface area contributed by atoms with Gasteiger partial charge in [0, 0.05) is 23.0 Å². The minimum atomic E-state index is -0.887. The SMILES string of the molecule is O=C(O)c1ccc(SCCc2cccnc2)cc1. The topological polar surface area (TPSA) is 50.2 Å². The molecule has 1 aromatic heterocycles. The average Bonchev–Trinajstić information content (AvgIpc) is 2.40. The van der Waals surface area contributed by atoms with Crippen molar-refractivity contribution in [1.29, 1.82) is 0 Å². The van der Waals surface area contributed by atoms with Gasteiger partial charge in [-0.25, -0.2) is 4.79 Å². The Morgan fingerprint density at radius 2 is 2.00 bits per heavy atom. The number of benzene rings is 1. The van der Waals surface area contributed by atoms with Gasteiger partial charge in [-0.15, -0.1) is 11.8 Å². The summed E-state index contributed by atoms with van der Waals surface area (Å²) in [7, 11) is 0. The van der Waals surface area contributed by atoms with E-state index in [4.69, 9.17) is 5.11 Å². The van der Waals surface area contributed by atoms with E-state index in [0.717, 1.165) is 17.1 Å². The summed E-state index contributed by atoms with van der Waals surface area (Å²) in [5.74, 6) is 0.0693. The molecule has 0 amide bonds. The summed E-state index contributed by atoms with van der Waals surface area (Å²) in [5, 5.41) is 8.79. The normalized spacial score (nSPS) is 10.2. The highest BCUT2D eigenvalue weighted by Crippen LogP contribution is 2.19. The minimum Gasteiger partial charge on any atom is -0.478 e. The van der Waals surface area contributed by atoms with Crippen molar-refractivity contribution in [1.82, 2.24) is 4.98 Å². The van der Waals surface area contributed by atoms with Crippen molar-refractivity contribution >= 4 is 17.7 Å². The van der Waals surface area contributed by atoms with Gasteiger partial charge in [0.05, 0.1) is 5.56 Å². The maximum atomic E-state index is 10.7. The van der Waals surface area contributed by atoms with Gasteiger partial charge in [0.1, 0.15) is 0 Å². The number of aryl methyl sites for hydroxylation is 1. The van der Waals surface area contributed by atoms with Crippen LogP contribution >= 0.6 is 11.8 Å². The molecule has 0 saturated carbocycles. The van der Waals surface area contributed by atoms with Crippen LogP contribution in [0.3, 0.4) is 0 Å². The van der Waals surface area contributed by atoms with E-state index < -0.39 is 5.97 Å². The molecular weight excluding hydrogens is 246 g/mol. The summed E-state index contributed by atoms with van der Waals surface area (Å²) >= 11 is 1.71. The molecule has 3 nitrogen and oxygen atoms in total. The molecule has 0 aliphatic heterocycles. The standard InChI is InChI=1S/C14H13NO2S/c16-14(17)12-3-5-13(6-4-12)18-9-7-11-2-1-8-15-10-11/h1-6,8,10H,7,9H2,(H,16,17). The number of carboxylic acid groups (broad SMARTS) is 1. The molecule has 0 aliphatic carbocycles. The van der Waals surface area contributed by atoms with E-state index in [0.29, 0.717) is 5.56 Å². The lowest BCUT2D eigenvalue weighted by Gasteiger charge is -2.02. The second-order valence-electron chi connectivity index (χ2n) is 3.79. The molecule has 18 heavy (non-hydrogen) atoms. The van der Waals surface area contributed by atoms with E-state index in [1.807, 2.05) is 24.4 Å². The van der Waals surface area contributed by atoms with Gasteiger partial charge < -0.3 is 5.11 Å². The Kier molecular flexibility index (Phi) is 4.36. The van der Waals surface area contributed by atoms with Crippen LogP contribution in [-0.2, 0) is 6.42 Å². The largest absolute Gasteiger partial charge is 0.478 e. The van der Waals surface area contributed by atoms with Crippen molar-refractivity contribution in [2.45, 2.75) is 11.3 Å². The quantitative estimate of drug-likeness (QED) is 0.838. The summed E-state index contributed by atoms with van der Waals surface area (Å²) in [4.78, 5) is 15.9. The molecule has 2 rings (SSSR count). The highest BCUT2D eigenvalue weighted by atomic mass is 32.2. The Bertz CT molecular complexity index is 511. The van der Waals surface area contributed by atoms with Crippen molar-refractivity contribution in [2.75, 3.05) is 5.75 Å². The lowest BCUT2D eigenvalue weighted by Crippen LogP contribution is -1.95. The van der Waals surface area contributed by atoms with Crippen LogP contribution in [0.4, 0.5) is 0 Å². The Balaban J connectivity index is 1.85. The molecule has 0 unspecified atom stereocenters. The molecule has 1 N–H and O–H groups in total. The maximum absolute atomic E-state index is 10.7. The molecule has 1 heterocycles. The molecule has 2 aromatic rings. The molecule has 0 radical (unpaired) electrons. The van der Waals surface area contributed by atoms with Gasteiger partial charge in [0.25, 0.3) is 0 Å². The first-order valence-electron chi connectivity index (χ1n) is 5.61. The highest BCUT2D eigenvalue weighted by Gasteiger charge is 2.02. The van der Waals surface area contributed by atoms with Crippen LogP contribution in [0.25, 0.3) is 0 Å². The third-order valence-corrected chi connectivity index (χ3v) is 3.50. The van der Waals surface area contributed by atoms with Crippen molar-refractivity contribution in [3.05, 3.63) is 59.9 Å². The second-order valence-corrected chi connectivity index (χ2v) is 4.96. The molecule has 0 aliphatic rings. The Morgan fingerprint density at radius 3 is 2.61 bits per heavy atom. The lowest BCUT2D eigenvalue weighted by molar-refractivity contribution is 0.0697. The number of carboxylic acids is 1. The first-order valence-corrected chi connectivity index (χ1v) is 6.59. The number of nitrogens with zero attached hydrogens (tertiary/aromatic N) is 1. The third kappa shape index (κ3) is 3.60. The summed E-state index contributed by atoms with van der Waals surface area (Å²) in [5.41, 5.74) is 1.54. The van der Waals surface area contributed by atoms with E-state index in [-0.39, 0.29) is 0 Å². The number of hydrogen-bond donors (Lipinski definition) is 1. The predicted molar refractivity (Wildman–Crippen MR) is 72.1 cm³/mol. The van der Waals surface area contributed by atoms with E-state index in [2.05, 4.69) is 11.1 Å². The molecule has 1 aromatic carbocycles. The van der Waals surface area contributed by atoms with Crippen LogP contribution in [0.2, 0.25) is 0 Å². The molecule has 0 spiro atoms. The zero-order valence-electron chi connectivity index (χ0n) is 9.74. The maximum Gasteiger partial charge on any atom is 0.335 e. The van der Waals surface area contributed by atoms with Gasteiger partial charge in [-0.3, -0.25) is 4.98 Å². The summed E-state index contributed by atoms with van der Waals surface area (Å²) < 4.78 is 0. The number of pyridine rings is 1. The number of aromatic nitrogens is 1. The van der Waals surface area contributed by atoms with Gasteiger partial charge in [0.2, 0.25) is 0 Å². The number of rotatable bonds is 5. The molecule has 92 valence electrons. The Labute approximate surface area is 110 Å². The van der Waals surface area contributed by atoms with Crippen molar-refractivity contribution in [2.24, 2.45) is 0 Å². The Morgan fingerprint density at radius 1 is 1.22 bits per heavy atom. The fraction of sp³-hybridized carbons (Fsp3) is 0.143. The van der Waals surface area contributed by atoms with Gasteiger partial charge >= 0.3 is 5.97 Å². The summed E-state index contributed by atoms with van der Waals surface area (Å²) in [6, 6.07) is 10.9. The van der Waals surface area contributed by atoms with Crippen molar-refractivity contribution in [3.63, 3.8) is 0 Å². The van der Waals surface area contributed by atoms with Gasteiger partial charge in [-0.05, 0) is 42.3 Å². The van der Waals surface area contributed by atoms with Crippen LogP contribution in [0, 0.1) is 0 Å². The first-order chi connectivity index (χ1) is 8.75. The van der Waals surface area contributed by atoms with Gasteiger partial charge in [-0.1, -0.05) is 6.07 Å². The van der Waals surface area contributed by atoms with Crippen molar-refractivity contribution < 1.29 is 9.90 Å². The van der Waals surface area contributed by atoms with Crippen molar-refractivity contribution in [3.8, 4) is 0 Å². The highest BCUT2D eigenvalue weighted by molar-refractivity contribution is 7.99. The van der Waals surface area contributed by atoms with E-state index in [1.165, 1.54) is 5.56 Å². The number of hydrogen-bond acceptors (Lipinski definition) is 3. The number of aromatic carboxylic acids is 1. The Hall–Kier alpha value is -1.81. The summed E-state index contributed by atoms with van der Waals surface area (Å²) in [6.45, 7) is 0. The fourth-order valence-electron chi connectivity index (χ4n) is 1.53. The van der Waals surface area contributed by atoms with E-state index in [9.17, 15) is 4.79 Å².